The van der Waals surface area contributed by atoms with Crippen LogP contribution in [-0.4, -0.2) is 13.6 Å². The molecule has 14 heavy (non-hydrogen) atoms. The number of halogens is 1. The molecule has 0 unspecified atom stereocenters. The highest BCUT2D eigenvalue weighted by molar-refractivity contribution is 5.54. The zero-order valence-electron chi connectivity index (χ0n) is 9.18. The molecule has 0 fully saturated rings. The molecule has 0 aromatic heterocycles. The lowest BCUT2D eigenvalue weighted by Gasteiger charge is -2.27. The smallest absolute Gasteiger partial charge is 0.125 e. The lowest BCUT2D eigenvalue weighted by Crippen LogP contribution is -2.24. The molecule has 0 aliphatic carbocycles. The predicted octanol–water partition coefficient (Wildman–Crippen LogP) is 3.23. The Hall–Kier alpha value is -1.05. The maximum absolute atomic E-state index is 12.8. The molecule has 0 N–H and O–H groups in total. The standard InChI is InChI=1S/C10H12FN.C2H6/c1-12-6-2-3-8-4-5-9(11)7-10(8)12;1-2/h4-5,7H,2-3,6H2,1H3;1-2H3. The third-order valence-corrected chi connectivity index (χ3v) is 2.40. The van der Waals surface area contributed by atoms with Gasteiger partial charge in [-0.3, -0.25) is 0 Å². The highest BCUT2D eigenvalue weighted by Gasteiger charge is 2.13. The second kappa shape index (κ2) is 4.99. The molecule has 0 saturated heterocycles. The summed E-state index contributed by atoms with van der Waals surface area (Å²) in [6.07, 6.45) is 2.26. The number of nitrogens with zero attached hydrogens (tertiary/aromatic N) is 1. The molecule has 1 nitrogen and oxygen atoms in total. The molecule has 2 heteroatoms. The molecule has 0 radical (unpaired) electrons. The first-order valence-electron chi connectivity index (χ1n) is 5.27. The fourth-order valence-corrected chi connectivity index (χ4v) is 1.73. The summed E-state index contributed by atoms with van der Waals surface area (Å²) in [5.74, 6) is -0.137. The van der Waals surface area contributed by atoms with Crippen molar-refractivity contribution in [3.05, 3.63) is 29.6 Å². The van der Waals surface area contributed by atoms with E-state index in [2.05, 4.69) is 4.90 Å². The van der Waals surface area contributed by atoms with Gasteiger partial charge in [-0.05, 0) is 30.5 Å². The third-order valence-electron chi connectivity index (χ3n) is 2.40. The summed E-state index contributed by atoms with van der Waals surface area (Å²) in [6, 6.07) is 5.05. The summed E-state index contributed by atoms with van der Waals surface area (Å²) in [5.41, 5.74) is 2.33. The largest absolute Gasteiger partial charge is 0.374 e. The Morgan fingerprint density at radius 1 is 1.29 bits per heavy atom. The van der Waals surface area contributed by atoms with E-state index in [1.807, 2.05) is 27.0 Å². The van der Waals surface area contributed by atoms with Crippen LogP contribution >= 0.6 is 0 Å². The van der Waals surface area contributed by atoms with E-state index in [4.69, 9.17) is 0 Å². The first-order valence-corrected chi connectivity index (χ1v) is 5.27. The molecule has 0 amide bonds. The first-order chi connectivity index (χ1) is 6.77. The van der Waals surface area contributed by atoms with Gasteiger partial charge < -0.3 is 4.90 Å². The van der Waals surface area contributed by atoms with Crippen LogP contribution in [0.5, 0.6) is 0 Å². The molecule has 78 valence electrons. The summed E-state index contributed by atoms with van der Waals surface area (Å²) in [7, 11) is 2.01. The maximum Gasteiger partial charge on any atom is 0.125 e. The fourth-order valence-electron chi connectivity index (χ4n) is 1.73. The van der Waals surface area contributed by atoms with Gasteiger partial charge in [0.1, 0.15) is 5.82 Å². The van der Waals surface area contributed by atoms with Crippen LogP contribution in [0.2, 0.25) is 0 Å². The topological polar surface area (TPSA) is 3.24 Å². The zero-order chi connectivity index (χ0) is 10.6. The summed E-state index contributed by atoms with van der Waals surface area (Å²) in [5, 5.41) is 0. The van der Waals surface area contributed by atoms with Gasteiger partial charge in [0.05, 0.1) is 0 Å². The quantitative estimate of drug-likeness (QED) is 0.614. The van der Waals surface area contributed by atoms with Crippen LogP contribution in [-0.2, 0) is 6.42 Å². The molecule has 0 spiro atoms. The van der Waals surface area contributed by atoms with E-state index in [0.29, 0.717) is 0 Å². The molecule has 0 atom stereocenters. The van der Waals surface area contributed by atoms with Crippen molar-refractivity contribution < 1.29 is 4.39 Å². The second-order valence-electron chi connectivity index (χ2n) is 3.30. The molecular weight excluding hydrogens is 177 g/mol. The van der Waals surface area contributed by atoms with Crippen molar-refractivity contribution in [3.63, 3.8) is 0 Å². The molecule has 0 bridgehead atoms. The minimum Gasteiger partial charge on any atom is -0.374 e. The average molecular weight is 195 g/mol. The number of anilines is 1. The van der Waals surface area contributed by atoms with Crippen molar-refractivity contribution in [2.45, 2.75) is 26.7 Å². The summed E-state index contributed by atoms with van der Waals surface area (Å²) in [4.78, 5) is 2.11. The molecule has 0 saturated carbocycles. The number of aryl methyl sites for hydroxylation is 1. The lowest BCUT2D eigenvalue weighted by atomic mass is 10.0. The van der Waals surface area contributed by atoms with Crippen LogP contribution in [0, 0.1) is 5.82 Å². The Morgan fingerprint density at radius 2 is 2.00 bits per heavy atom. The van der Waals surface area contributed by atoms with E-state index in [0.717, 1.165) is 18.7 Å². The molecular formula is C12H18FN. The van der Waals surface area contributed by atoms with Crippen LogP contribution in [0.25, 0.3) is 0 Å². The summed E-state index contributed by atoms with van der Waals surface area (Å²) >= 11 is 0. The van der Waals surface area contributed by atoms with Gasteiger partial charge in [-0.2, -0.15) is 0 Å². The van der Waals surface area contributed by atoms with Crippen molar-refractivity contribution in [2.75, 3.05) is 18.5 Å². The molecule has 1 aliphatic heterocycles. The second-order valence-corrected chi connectivity index (χ2v) is 3.30. The molecule has 2 rings (SSSR count). The maximum atomic E-state index is 12.8. The van der Waals surface area contributed by atoms with Crippen molar-refractivity contribution in [1.29, 1.82) is 0 Å². The SMILES string of the molecule is CC.CN1CCCc2ccc(F)cc21. The number of hydrogen-bond donors (Lipinski definition) is 0. The average Bonchev–Trinajstić information content (AvgIpc) is 2.22. The van der Waals surface area contributed by atoms with Gasteiger partial charge in [-0.1, -0.05) is 19.9 Å². The lowest BCUT2D eigenvalue weighted by molar-refractivity contribution is 0.623. The van der Waals surface area contributed by atoms with Crippen molar-refractivity contribution in [1.82, 2.24) is 0 Å². The Morgan fingerprint density at radius 3 is 2.71 bits per heavy atom. The highest BCUT2D eigenvalue weighted by Crippen LogP contribution is 2.26. The number of fused-ring (bicyclic) bond motifs is 1. The number of hydrogen-bond acceptors (Lipinski definition) is 1. The Bertz CT molecular complexity index is 296. The van der Waals surface area contributed by atoms with E-state index in [1.165, 1.54) is 18.1 Å². The van der Waals surface area contributed by atoms with Gasteiger partial charge >= 0.3 is 0 Å². The molecule has 1 aromatic rings. The van der Waals surface area contributed by atoms with Gasteiger partial charge in [0.15, 0.2) is 0 Å². The fraction of sp³-hybridized carbons (Fsp3) is 0.500. The van der Waals surface area contributed by atoms with Crippen LogP contribution in [0.1, 0.15) is 25.8 Å². The number of benzene rings is 1. The summed E-state index contributed by atoms with van der Waals surface area (Å²) in [6.45, 7) is 5.04. The van der Waals surface area contributed by atoms with Crippen LogP contribution in [0.4, 0.5) is 10.1 Å². The highest BCUT2D eigenvalue weighted by atomic mass is 19.1. The van der Waals surface area contributed by atoms with Crippen molar-refractivity contribution in [2.24, 2.45) is 0 Å². The minimum absolute atomic E-state index is 0.137. The first kappa shape index (κ1) is 11.0. The third kappa shape index (κ3) is 2.25. The van der Waals surface area contributed by atoms with E-state index in [-0.39, 0.29) is 5.82 Å². The van der Waals surface area contributed by atoms with Crippen molar-refractivity contribution in [3.8, 4) is 0 Å². The minimum atomic E-state index is -0.137. The van der Waals surface area contributed by atoms with Gasteiger partial charge in [0.2, 0.25) is 0 Å². The summed E-state index contributed by atoms with van der Waals surface area (Å²) < 4.78 is 12.8. The van der Waals surface area contributed by atoms with Crippen molar-refractivity contribution >= 4 is 5.69 Å². The van der Waals surface area contributed by atoms with Gasteiger partial charge in [0, 0.05) is 19.3 Å². The van der Waals surface area contributed by atoms with E-state index < -0.39 is 0 Å². The van der Waals surface area contributed by atoms with Gasteiger partial charge in [-0.25, -0.2) is 4.39 Å². The number of rotatable bonds is 0. The van der Waals surface area contributed by atoms with Crippen LogP contribution in [0.3, 0.4) is 0 Å². The molecule has 1 aromatic carbocycles. The predicted molar refractivity (Wildman–Crippen MR) is 59.3 cm³/mol. The molecule has 1 heterocycles. The van der Waals surface area contributed by atoms with E-state index >= 15 is 0 Å². The monoisotopic (exact) mass is 195 g/mol. The van der Waals surface area contributed by atoms with E-state index in [1.54, 1.807) is 6.07 Å². The zero-order valence-corrected chi connectivity index (χ0v) is 9.18. The van der Waals surface area contributed by atoms with Gasteiger partial charge in [-0.15, -0.1) is 0 Å². The normalized spacial score (nSPS) is 14.1. The van der Waals surface area contributed by atoms with Crippen LogP contribution < -0.4 is 4.90 Å². The molecule has 1 aliphatic rings. The Kier molecular flexibility index (Phi) is 3.93. The van der Waals surface area contributed by atoms with Crippen LogP contribution in [0.15, 0.2) is 18.2 Å². The Labute approximate surface area is 85.5 Å². The van der Waals surface area contributed by atoms with E-state index in [9.17, 15) is 4.39 Å². The Balaban J connectivity index is 0.000000461. The van der Waals surface area contributed by atoms with Gasteiger partial charge in [0.25, 0.3) is 0 Å².